The van der Waals surface area contributed by atoms with E-state index in [1.54, 1.807) is 24.3 Å². The quantitative estimate of drug-likeness (QED) is 0.669. The highest BCUT2D eigenvalue weighted by molar-refractivity contribution is 6.00. The first kappa shape index (κ1) is 19.5. The number of carbonyl (C=O) groups is 1. The molecule has 0 saturated carbocycles. The lowest BCUT2D eigenvalue weighted by Crippen LogP contribution is -2.36. The highest BCUT2D eigenvalue weighted by Gasteiger charge is 2.47. The maximum atomic E-state index is 13.7. The van der Waals surface area contributed by atoms with Gasteiger partial charge in [-0.1, -0.05) is 57.0 Å². The first-order chi connectivity index (χ1) is 12.8. The molecule has 1 aromatic heterocycles. The summed E-state index contributed by atoms with van der Waals surface area (Å²) in [7, 11) is 0. The lowest BCUT2D eigenvalue weighted by Gasteiger charge is -2.34. The van der Waals surface area contributed by atoms with E-state index in [1.807, 2.05) is 19.9 Å². The molecule has 2 unspecified atom stereocenters. The molecule has 1 N–H and O–H groups in total. The molecule has 0 amide bonds. The van der Waals surface area contributed by atoms with Crippen LogP contribution in [0.2, 0.25) is 0 Å². The van der Waals surface area contributed by atoms with Gasteiger partial charge in [-0.25, -0.2) is 4.68 Å². The number of benzene rings is 1. The van der Waals surface area contributed by atoms with Crippen molar-refractivity contribution in [1.82, 2.24) is 9.78 Å². The predicted molar refractivity (Wildman–Crippen MR) is 97.8 cm³/mol. The number of alkyl halides is 3. The van der Waals surface area contributed by atoms with Gasteiger partial charge in [0.25, 0.3) is 0 Å². The van der Waals surface area contributed by atoms with Crippen LogP contribution in [0.5, 0.6) is 0 Å². The lowest BCUT2D eigenvalue weighted by atomic mass is 9.93. The Morgan fingerprint density at radius 3 is 2.52 bits per heavy atom. The molecule has 7 heteroatoms. The molecule has 2 atom stereocenters. The zero-order chi connectivity index (χ0) is 19.6. The first-order valence-electron chi connectivity index (χ1n) is 9.34. The second-order valence-corrected chi connectivity index (χ2v) is 7.06. The first-order valence-corrected chi connectivity index (χ1v) is 9.34. The Morgan fingerprint density at radius 1 is 1.26 bits per heavy atom. The molecule has 0 bridgehead atoms. The van der Waals surface area contributed by atoms with Crippen LogP contribution in [-0.4, -0.2) is 21.7 Å². The average Bonchev–Trinajstić information content (AvgIpc) is 3.09. The molecular formula is C20H24F3N3O. The number of aromatic nitrogens is 2. The number of ketones is 1. The number of halogens is 3. The Hall–Kier alpha value is -2.31. The number of nitrogens with one attached hydrogen (secondary N) is 1. The Kier molecular flexibility index (Phi) is 5.58. The summed E-state index contributed by atoms with van der Waals surface area (Å²) in [5.41, 5.74) is 1.01. The molecule has 1 aromatic carbocycles. The number of hydrogen-bond donors (Lipinski definition) is 1. The minimum absolute atomic E-state index is 0.160. The summed E-state index contributed by atoms with van der Waals surface area (Å²) < 4.78 is 41.9. The van der Waals surface area contributed by atoms with Crippen LogP contribution in [0.15, 0.2) is 36.5 Å². The molecule has 0 saturated heterocycles. The monoisotopic (exact) mass is 379 g/mol. The maximum Gasteiger partial charge on any atom is 0.410 e. The van der Waals surface area contributed by atoms with Gasteiger partial charge >= 0.3 is 6.18 Å². The largest absolute Gasteiger partial charge is 0.410 e. The molecule has 0 aliphatic carbocycles. The average molecular weight is 379 g/mol. The van der Waals surface area contributed by atoms with Crippen molar-refractivity contribution < 1.29 is 18.0 Å². The molecule has 2 aromatic rings. The number of hydrogen-bond acceptors (Lipinski definition) is 3. The number of rotatable bonds is 6. The molecule has 146 valence electrons. The molecule has 0 radical (unpaired) electrons. The van der Waals surface area contributed by atoms with Crippen LogP contribution in [0, 0.1) is 5.92 Å². The van der Waals surface area contributed by atoms with E-state index < -0.39 is 18.3 Å². The van der Waals surface area contributed by atoms with Gasteiger partial charge in [0, 0.05) is 12.8 Å². The van der Waals surface area contributed by atoms with Gasteiger partial charge in [0.05, 0.1) is 17.8 Å². The van der Waals surface area contributed by atoms with Gasteiger partial charge in [-0.15, -0.1) is 0 Å². The van der Waals surface area contributed by atoms with Crippen LogP contribution in [0.3, 0.4) is 0 Å². The summed E-state index contributed by atoms with van der Waals surface area (Å²) in [6.07, 6.45) is -1.29. The summed E-state index contributed by atoms with van der Waals surface area (Å²) in [5, 5.41) is 7.06. The third-order valence-electron chi connectivity index (χ3n) is 5.37. The van der Waals surface area contributed by atoms with E-state index in [1.165, 1.54) is 6.20 Å². The van der Waals surface area contributed by atoms with E-state index in [-0.39, 0.29) is 29.5 Å². The molecule has 1 aliphatic rings. The van der Waals surface area contributed by atoms with E-state index >= 15 is 0 Å². The van der Waals surface area contributed by atoms with Crippen molar-refractivity contribution in [3.05, 3.63) is 47.7 Å². The lowest BCUT2D eigenvalue weighted by molar-refractivity contribution is -0.173. The third kappa shape index (κ3) is 4.01. The smallest absolute Gasteiger partial charge is 0.363 e. The number of Topliss-reactive ketones (excluding diaryl/α,β-unsaturated/α-hetero) is 1. The van der Waals surface area contributed by atoms with Gasteiger partial charge in [-0.05, 0) is 11.5 Å². The van der Waals surface area contributed by atoms with Gasteiger partial charge in [-0.2, -0.15) is 18.3 Å². The Morgan fingerprint density at radius 2 is 1.93 bits per heavy atom. The maximum absolute atomic E-state index is 13.7. The molecule has 27 heavy (non-hydrogen) atoms. The number of carbonyl (C=O) groups excluding carboxylic acids is 1. The van der Waals surface area contributed by atoms with Crippen LogP contribution in [0.4, 0.5) is 19.0 Å². The second kappa shape index (κ2) is 7.74. The predicted octanol–water partition coefficient (Wildman–Crippen LogP) is 5.55. The van der Waals surface area contributed by atoms with E-state index in [9.17, 15) is 18.0 Å². The van der Waals surface area contributed by atoms with Crippen molar-refractivity contribution in [3.63, 3.8) is 0 Å². The van der Waals surface area contributed by atoms with Crippen LogP contribution in [0.25, 0.3) is 0 Å². The van der Waals surface area contributed by atoms with Crippen molar-refractivity contribution in [2.45, 2.75) is 57.8 Å². The topological polar surface area (TPSA) is 46.9 Å². The van der Waals surface area contributed by atoms with Gasteiger partial charge < -0.3 is 5.32 Å². The van der Waals surface area contributed by atoms with Gasteiger partial charge in [0.2, 0.25) is 0 Å². The van der Waals surface area contributed by atoms with Crippen molar-refractivity contribution in [2.24, 2.45) is 5.92 Å². The van der Waals surface area contributed by atoms with Crippen molar-refractivity contribution in [2.75, 3.05) is 5.32 Å². The van der Waals surface area contributed by atoms with Gasteiger partial charge in [0.1, 0.15) is 5.82 Å². The van der Waals surface area contributed by atoms with E-state index in [0.717, 1.165) is 23.1 Å². The van der Waals surface area contributed by atoms with Crippen LogP contribution >= 0.6 is 0 Å². The standard InChI is InChI=1S/C20H24F3N3O/c1-3-13(4-2)10-17(27)15-12-24-26-18(20(21,22)23)11-16(25-19(15)26)14-8-6-5-7-9-14/h5-9,12-13,16,18,25H,3-4,10-11H2,1-2H3. The van der Waals surface area contributed by atoms with Gasteiger partial charge in [-0.3, -0.25) is 4.79 Å². The molecule has 2 heterocycles. The summed E-state index contributed by atoms with van der Waals surface area (Å²) in [6, 6.07) is 6.72. The van der Waals surface area contributed by atoms with Crippen LogP contribution < -0.4 is 5.32 Å². The van der Waals surface area contributed by atoms with Crippen molar-refractivity contribution >= 4 is 11.6 Å². The Balaban J connectivity index is 1.96. The number of anilines is 1. The number of fused-ring (bicyclic) bond motifs is 1. The summed E-state index contributed by atoms with van der Waals surface area (Å²) in [6.45, 7) is 4.02. The normalized spacial score (nSPS) is 19.6. The summed E-state index contributed by atoms with van der Waals surface area (Å²) in [4.78, 5) is 12.7. The zero-order valence-electron chi connectivity index (χ0n) is 15.5. The minimum atomic E-state index is -4.44. The van der Waals surface area contributed by atoms with E-state index in [2.05, 4.69) is 10.4 Å². The molecular weight excluding hydrogens is 355 g/mol. The van der Waals surface area contributed by atoms with Gasteiger partial charge in [0.15, 0.2) is 11.8 Å². The number of nitrogens with zero attached hydrogens (tertiary/aromatic N) is 2. The van der Waals surface area contributed by atoms with Crippen LogP contribution in [0.1, 0.15) is 67.5 Å². The zero-order valence-corrected chi connectivity index (χ0v) is 15.5. The highest BCUT2D eigenvalue weighted by Crippen LogP contribution is 2.44. The SMILES string of the molecule is CCC(CC)CC(=O)c1cnn2c1NC(c1ccccc1)CC2C(F)(F)F. The van der Waals surface area contributed by atoms with E-state index in [4.69, 9.17) is 0 Å². The fourth-order valence-electron chi connectivity index (χ4n) is 3.62. The summed E-state index contributed by atoms with van der Waals surface area (Å²) in [5.74, 6) is 0.237. The van der Waals surface area contributed by atoms with E-state index in [0.29, 0.717) is 6.42 Å². The Bertz CT molecular complexity index is 782. The second-order valence-electron chi connectivity index (χ2n) is 7.06. The Labute approximate surface area is 156 Å². The molecule has 0 fully saturated rings. The summed E-state index contributed by atoms with van der Waals surface area (Å²) >= 11 is 0. The molecule has 3 rings (SSSR count). The highest BCUT2D eigenvalue weighted by atomic mass is 19.4. The molecule has 0 spiro atoms. The molecule has 1 aliphatic heterocycles. The molecule has 4 nitrogen and oxygen atoms in total. The van der Waals surface area contributed by atoms with Crippen LogP contribution in [-0.2, 0) is 0 Å². The fraction of sp³-hybridized carbons (Fsp3) is 0.500. The van der Waals surface area contributed by atoms with Crippen molar-refractivity contribution in [3.8, 4) is 0 Å². The van der Waals surface area contributed by atoms with Crippen molar-refractivity contribution in [1.29, 1.82) is 0 Å². The minimum Gasteiger partial charge on any atom is -0.363 e. The third-order valence-corrected chi connectivity index (χ3v) is 5.37. The fourth-order valence-corrected chi connectivity index (χ4v) is 3.62.